The summed E-state index contributed by atoms with van der Waals surface area (Å²) in [6.07, 6.45) is 12.0. The molecule has 0 saturated heterocycles. The monoisotopic (exact) mass is 274 g/mol. The summed E-state index contributed by atoms with van der Waals surface area (Å²) in [5, 5.41) is 0. The van der Waals surface area contributed by atoms with Gasteiger partial charge in [0, 0.05) is 6.16 Å². The Hall–Kier alpha value is 1.15. The summed E-state index contributed by atoms with van der Waals surface area (Å²) >= 11 is 0. The molecule has 0 rings (SSSR count). The Balaban J connectivity index is 0. The fourth-order valence-corrected chi connectivity index (χ4v) is 2.44. The van der Waals surface area contributed by atoms with Crippen molar-refractivity contribution in [2.75, 3.05) is 6.16 Å². The Morgan fingerprint density at radius 3 is 1.47 bits per heavy atom. The van der Waals surface area contributed by atoms with Crippen molar-refractivity contribution in [2.45, 2.75) is 71.1 Å². The molecule has 0 amide bonds. The van der Waals surface area contributed by atoms with Crippen molar-refractivity contribution in [3.63, 3.8) is 0 Å². The van der Waals surface area contributed by atoms with Crippen molar-refractivity contribution in [3.05, 3.63) is 0 Å². The fraction of sp³-hybridized carbons (Fsp3) is 1.00. The number of rotatable bonds is 11. The van der Waals surface area contributed by atoms with Crippen LogP contribution in [0.2, 0.25) is 0 Å². The molecule has 17 heavy (non-hydrogen) atoms. The molecule has 100 valence electrons. The van der Waals surface area contributed by atoms with Gasteiger partial charge in [0.25, 0.3) is 0 Å². The van der Waals surface area contributed by atoms with Gasteiger partial charge in [-0.3, -0.25) is 4.57 Å². The quantitative estimate of drug-likeness (QED) is 0.345. The van der Waals surface area contributed by atoms with E-state index in [0.29, 0.717) is 6.42 Å². The maximum absolute atomic E-state index is 10.6. The van der Waals surface area contributed by atoms with Crippen LogP contribution in [-0.4, -0.2) is 45.5 Å². The van der Waals surface area contributed by atoms with Gasteiger partial charge in [-0.25, -0.2) is 0 Å². The van der Waals surface area contributed by atoms with Crippen molar-refractivity contribution in [2.24, 2.45) is 0 Å². The van der Waals surface area contributed by atoms with Crippen molar-refractivity contribution in [3.8, 4) is 0 Å². The first-order chi connectivity index (χ1) is 7.56. The predicted octanol–water partition coefficient (Wildman–Crippen LogP) is 3.44. The third-order valence-electron chi connectivity index (χ3n) is 2.80. The van der Waals surface area contributed by atoms with Crippen LogP contribution in [0.1, 0.15) is 71.1 Å². The Kier molecular flexibility index (Phi) is 16.3. The predicted molar refractivity (Wildman–Crippen MR) is 75.9 cm³/mol. The van der Waals surface area contributed by atoms with E-state index in [9.17, 15) is 4.57 Å². The van der Waals surface area contributed by atoms with E-state index in [2.05, 4.69) is 6.92 Å². The SMILES string of the molecule is CCCCCCCCCCCCP(=O)(O)O.[NaH]. The summed E-state index contributed by atoms with van der Waals surface area (Å²) < 4.78 is 10.6. The fourth-order valence-electron chi connectivity index (χ4n) is 1.81. The second kappa shape index (κ2) is 13.6. The molecule has 0 aromatic heterocycles. The van der Waals surface area contributed by atoms with Crippen LogP contribution in [0.5, 0.6) is 0 Å². The van der Waals surface area contributed by atoms with Gasteiger partial charge in [0.1, 0.15) is 0 Å². The molecule has 0 aliphatic rings. The number of hydrogen-bond donors (Lipinski definition) is 2. The van der Waals surface area contributed by atoms with E-state index >= 15 is 0 Å². The van der Waals surface area contributed by atoms with Gasteiger partial charge in [-0.1, -0.05) is 64.7 Å². The molecule has 5 heteroatoms. The van der Waals surface area contributed by atoms with Crippen LogP contribution in [0.25, 0.3) is 0 Å². The second-order valence-corrected chi connectivity index (χ2v) is 6.35. The molecule has 0 fully saturated rings. The van der Waals surface area contributed by atoms with E-state index < -0.39 is 7.60 Å². The maximum atomic E-state index is 10.6. The van der Waals surface area contributed by atoms with Crippen molar-refractivity contribution in [1.29, 1.82) is 0 Å². The first-order valence-corrected chi connectivity index (χ1v) is 8.40. The third kappa shape index (κ3) is 19.7. The molecule has 0 atom stereocenters. The molecule has 0 saturated carbocycles. The third-order valence-corrected chi connectivity index (χ3v) is 3.70. The van der Waals surface area contributed by atoms with Gasteiger partial charge in [0.2, 0.25) is 0 Å². The molecule has 0 aliphatic heterocycles. The summed E-state index contributed by atoms with van der Waals surface area (Å²) in [6, 6.07) is 0. The zero-order valence-electron chi connectivity index (χ0n) is 10.5. The van der Waals surface area contributed by atoms with Crippen molar-refractivity contribution < 1.29 is 14.4 Å². The first kappa shape index (κ1) is 20.5. The molecule has 0 aromatic rings. The second-order valence-electron chi connectivity index (χ2n) is 4.57. The summed E-state index contributed by atoms with van der Waals surface area (Å²) in [4.78, 5) is 17.3. The molecule has 0 spiro atoms. The van der Waals surface area contributed by atoms with Crippen LogP contribution in [0, 0.1) is 0 Å². The molecular formula is C12H28NaO3P. The van der Waals surface area contributed by atoms with Gasteiger partial charge in [0.15, 0.2) is 0 Å². The van der Waals surface area contributed by atoms with Crippen LogP contribution in [0.4, 0.5) is 0 Å². The van der Waals surface area contributed by atoms with Crippen LogP contribution < -0.4 is 0 Å². The number of hydrogen-bond acceptors (Lipinski definition) is 1. The molecule has 0 heterocycles. The molecular weight excluding hydrogens is 246 g/mol. The summed E-state index contributed by atoms with van der Waals surface area (Å²) in [7, 11) is -3.74. The minimum absolute atomic E-state index is 0. The van der Waals surface area contributed by atoms with Crippen LogP contribution >= 0.6 is 7.60 Å². The average molecular weight is 274 g/mol. The molecule has 3 nitrogen and oxygen atoms in total. The summed E-state index contributed by atoms with van der Waals surface area (Å²) in [5.41, 5.74) is 0. The normalized spacial score (nSPS) is 11.2. The molecule has 0 aliphatic carbocycles. The Morgan fingerprint density at radius 1 is 0.765 bits per heavy atom. The van der Waals surface area contributed by atoms with E-state index in [4.69, 9.17) is 9.79 Å². The minimum atomic E-state index is -3.74. The van der Waals surface area contributed by atoms with Gasteiger partial charge >= 0.3 is 37.2 Å². The van der Waals surface area contributed by atoms with Gasteiger partial charge in [-0.05, 0) is 6.42 Å². The Bertz CT molecular complexity index is 194. The van der Waals surface area contributed by atoms with Gasteiger partial charge in [-0.2, -0.15) is 0 Å². The van der Waals surface area contributed by atoms with Crippen LogP contribution in [0.3, 0.4) is 0 Å². The molecule has 2 N–H and O–H groups in total. The standard InChI is InChI=1S/C12H27O3P.Na.H/c1-2-3-4-5-6-7-8-9-10-11-12-16(13,14)15;;/h2-12H2,1H3,(H2,13,14,15);;. The molecule has 0 bridgehead atoms. The van der Waals surface area contributed by atoms with E-state index in [1.165, 1.54) is 44.9 Å². The Labute approximate surface area is 128 Å². The summed E-state index contributed by atoms with van der Waals surface area (Å²) in [6.45, 7) is 2.22. The van der Waals surface area contributed by atoms with Crippen LogP contribution in [0.15, 0.2) is 0 Å². The average Bonchev–Trinajstić information content (AvgIpc) is 2.19. The first-order valence-electron chi connectivity index (χ1n) is 6.61. The van der Waals surface area contributed by atoms with Gasteiger partial charge in [-0.15, -0.1) is 0 Å². The van der Waals surface area contributed by atoms with E-state index in [1.54, 1.807) is 0 Å². The van der Waals surface area contributed by atoms with Gasteiger partial charge < -0.3 is 9.79 Å². The van der Waals surface area contributed by atoms with Gasteiger partial charge in [0.05, 0.1) is 0 Å². The van der Waals surface area contributed by atoms with E-state index in [0.717, 1.165) is 12.8 Å². The zero-order valence-corrected chi connectivity index (χ0v) is 11.4. The number of unbranched alkanes of at least 4 members (excludes halogenated alkanes) is 9. The van der Waals surface area contributed by atoms with Crippen molar-refractivity contribution >= 4 is 37.2 Å². The molecule has 0 unspecified atom stereocenters. The Morgan fingerprint density at radius 2 is 1.12 bits per heavy atom. The zero-order chi connectivity index (χ0) is 12.3. The van der Waals surface area contributed by atoms with E-state index in [-0.39, 0.29) is 35.7 Å². The molecule has 0 radical (unpaired) electrons. The van der Waals surface area contributed by atoms with E-state index in [1.807, 2.05) is 0 Å². The van der Waals surface area contributed by atoms with Crippen LogP contribution in [-0.2, 0) is 4.57 Å². The van der Waals surface area contributed by atoms with Crippen molar-refractivity contribution in [1.82, 2.24) is 0 Å². The summed E-state index contributed by atoms with van der Waals surface area (Å²) in [5.74, 6) is 0. The topological polar surface area (TPSA) is 57.5 Å². The molecule has 0 aromatic carbocycles.